The molecule has 1 aromatic heterocycles. The van der Waals surface area contributed by atoms with Gasteiger partial charge in [-0.15, -0.1) is 0 Å². The van der Waals surface area contributed by atoms with Crippen molar-refractivity contribution in [2.45, 2.75) is 19.2 Å². The smallest absolute Gasteiger partial charge is 0.323 e. The first-order chi connectivity index (χ1) is 16.0. The molecule has 174 valence electrons. The van der Waals surface area contributed by atoms with E-state index in [1.807, 2.05) is 48.5 Å². The molecule has 10 heteroatoms. The molecule has 2 aromatic carbocycles. The zero-order valence-corrected chi connectivity index (χ0v) is 18.9. The maximum Gasteiger partial charge on any atom is 0.323 e. The Morgan fingerprint density at radius 2 is 1.73 bits per heavy atom. The van der Waals surface area contributed by atoms with Gasteiger partial charge in [-0.1, -0.05) is 60.1 Å². The van der Waals surface area contributed by atoms with Crippen LogP contribution in [0, 0.1) is 0 Å². The maximum atomic E-state index is 11.1. The number of halogens is 1. The highest BCUT2D eigenvalue weighted by molar-refractivity contribution is 6.34. The first-order valence-electron chi connectivity index (χ1n) is 10.00. The quantitative estimate of drug-likeness (QED) is 0.385. The van der Waals surface area contributed by atoms with Crippen LogP contribution in [0.3, 0.4) is 0 Å². The number of nitrogens with zero attached hydrogens (tertiary/aromatic N) is 2. The van der Waals surface area contributed by atoms with Crippen LogP contribution in [-0.2, 0) is 17.9 Å². The summed E-state index contributed by atoms with van der Waals surface area (Å²) >= 11 is 6.62. The second-order valence-electron chi connectivity index (χ2n) is 6.89. The molecule has 0 bridgehead atoms. The maximum absolute atomic E-state index is 11.1. The van der Waals surface area contributed by atoms with Crippen LogP contribution in [0.15, 0.2) is 48.5 Å². The summed E-state index contributed by atoms with van der Waals surface area (Å²) in [5.74, 6) is -0.892. The highest BCUT2D eigenvalue weighted by Crippen LogP contribution is 2.32. The minimum absolute atomic E-state index is 0.00486. The fourth-order valence-electron chi connectivity index (χ4n) is 3.11. The minimum atomic E-state index is -1.19. The van der Waals surface area contributed by atoms with Crippen LogP contribution in [0.4, 0.5) is 0 Å². The third kappa shape index (κ3) is 5.89. The van der Waals surface area contributed by atoms with Gasteiger partial charge in [0.1, 0.15) is 12.6 Å². The van der Waals surface area contributed by atoms with E-state index >= 15 is 0 Å². The molecular formula is C23H24ClN3O6. The number of aromatic nitrogens is 2. The predicted octanol–water partition coefficient (Wildman–Crippen LogP) is 2.93. The lowest BCUT2D eigenvalue weighted by atomic mass is 10.0. The molecule has 0 spiro atoms. The lowest BCUT2D eigenvalue weighted by molar-refractivity contribution is -0.140. The summed E-state index contributed by atoms with van der Waals surface area (Å²) in [6.07, 6.45) is 0. The van der Waals surface area contributed by atoms with Crippen LogP contribution < -0.4 is 19.5 Å². The van der Waals surface area contributed by atoms with Gasteiger partial charge in [-0.05, 0) is 5.56 Å². The van der Waals surface area contributed by atoms with Crippen LogP contribution in [0.25, 0.3) is 11.1 Å². The first-order valence-corrected chi connectivity index (χ1v) is 10.4. The summed E-state index contributed by atoms with van der Waals surface area (Å²) in [6, 6.07) is 14.3. The molecule has 0 fully saturated rings. The zero-order chi connectivity index (χ0) is 23.8. The SMILES string of the molecule is COc1nc(OCc2cccc(-c3ccccc3)c2Cl)nc(OC)c1CN[C@@H](CO)C(=O)O. The standard InChI is InChI=1S/C23H24ClN3O6/c1-31-20-17(11-25-18(12-28)22(29)30)21(32-2)27-23(26-20)33-13-15-9-6-10-16(19(15)24)14-7-4-3-5-8-14/h3-10,18,25,28H,11-13H2,1-2H3,(H,29,30)/t18-/m0/s1. The van der Waals surface area contributed by atoms with E-state index in [-0.39, 0.29) is 30.9 Å². The van der Waals surface area contributed by atoms with Crippen LogP contribution in [0.5, 0.6) is 17.8 Å². The molecule has 0 radical (unpaired) electrons. The molecule has 1 heterocycles. The third-order valence-corrected chi connectivity index (χ3v) is 5.27. The van der Waals surface area contributed by atoms with Crippen molar-refractivity contribution in [3.05, 3.63) is 64.7 Å². The Morgan fingerprint density at radius 1 is 1.06 bits per heavy atom. The third-order valence-electron chi connectivity index (χ3n) is 4.82. The molecule has 9 nitrogen and oxygen atoms in total. The molecule has 0 aliphatic rings. The van der Waals surface area contributed by atoms with Crippen molar-refractivity contribution >= 4 is 17.6 Å². The van der Waals surface area contributed by atoms with Crippen molar-refractivity contribution in [2.24, 2.45) is 0 Å². The zero-order valence-electron chi connectivity index (χ0n) is 18.1. The summed E-state index contributed by atoms with van der Waals surface area (Å²) in [7, 11) is 2.83. The van der Waals surface area contributed by atoms with Crippen molar-refractivity contribution in [1.82, 2.24) is 15.3 Å². The normalized spacial score (nSPS) is 11.6. The molecule has 0 unspecified atom stereocenters. The summed E-state index contributed by atoms with van der Waals surface area (Å²) in [6.45, 7) is -0.477. The van der Waals surface area contributed by atoms with Gasteiger partial charge in [-0.2, -0.15) is 9.97 Å². The predicted molar refractivity (Wildman–Crippen MR) is 122 cm³/mol. The highest BCUT2D eigenvalue weighted by atomic mass is 35.5. The van der Waals surface area contributed by atoms with Gasteiger partial charge in [-0.25, -0.2) is 0 Å². The lowest BCUT2D eigenvalue weighted by Gasteiger charge is -2.16. The van der Waals surface area contributed by atoms with E-state index in [4.69, 9.17) is 30.9 Å². The molecule has 3 aromatic rings. The minimum Gasteiger partial charge on any atom is -0.481 e. The number of aliphatic carboxylic acids is 1. The Kier molecular flexibility index (Phi) is 8.42. The summed E-state index contributed by atoms with van der Waals surface area (Å²) in [4.78, 5) is 19.6. The van der Waals surface area contributed by atoms with Gasteiger partial charge in [0.2, 0.25) is 11.8 Å². The number of aliphatic hydroxyl groups is 1. The Bertz CT molecular complexity index is 1070. The molecule has 33 heavy (non-hydrogen) atoms. The van der Waals surface area contributed by atoms with E-state index in [2.05, 4.69) is 15.3 Å². The summed E-state index contributed by atoms with van der Waals surface area (Å²) in [5, 5.41) is 21.5. The van der Waals surface area contributed by atoms with E-state index < -0.39 is 18.6 Å². The number of hydrogen-bond donors (Lipinski definition) is 3. The number of benzene rings is 2. The number of ether oxygens (including phenoxy) is 3. The monoisotopic (exact) mass is 473 g/mol. The molecule has 3 N–H and O–H groups in total. The number of aliphatic hydroxyl groups excluding tert-OH is 1. The highest BCUT2D eigenvalue weighted by Gasteiger charge is 2.21. The van der Waals surface area contributed by atoms with Crippen LogP contribution in [-0.4, -0.2) is 53.0 Å². The van der Waals surface area contributed by atoms with E-state index in [9.17, 15) is 9.90 Å². The van der Waals surface area contributed by atoms with Crippen molar-refractivity contribution in [3.63, 3.8) is 0 Å². The number of carboxylic acid groups (broad SMARTS) is 1. The van der Waals surface area contributed by atoms with Crippen molar-refractivity contribution in [2.75, 3.05) is 20.8 Å². The van der Waals surface area contributed by atoms with E-state index in [0.29, 0.717) is 10.6 Å². The molecule has 0 aliphatic heterocycles. The van der Waals surface area contributed by atoms with Crippen molar-refractivity contribution in [1.29, 1.82) is 0 Å². The number of carbonyl (C=O) groups is 1. The van der Waals surface area contributed by atoms with E-state index in [0.717, 1.165) is 16.7 Å². The molecule has 1 atom stereocenters. The Hall–Kier alpha value is -3.40. The number of methoxy groups -OCH3 is 2. The molecule has 0 saturated carbocycles. The number of nitrogens with one attached hydrogen (secondary N) is 1. The topological polar surface area (TPSA) is 123 Å². The molecular weight excluding hydrogens is 450 g/mol. The van der Waals surface area contributed by atoms with Gasteiger partial charge >= 0.3 is 12.0 Å². The molecule has 0 saturated heterocycles. The second kappa shape index (κ2) is 11.5. The van der Waals surface area contributed by atoms with Crippen LogP contribution in [0.1, 0.15) is 11.1 Å². The average Bonchev–Trinajstić information content (AvgIpc) is 2.84. The molecule has 3 rings (SSSR count). The number of hydrogen-bond acceptors (Lipinski definition) is 8. The molecule has 0 amide bonds. The summed E-state index contributed by atoms with van der Waals surface area (Å²) in [5.41, 5.74) is 3.00. The Morgan fingerprint density at radius 3 is 2.30 bits per heavy atom. The number of carboxylic acids is 1. The van der Waals surface area contributed by atoms with E-state index in [1.165, 1.54) is 14.2 Å². The fourth-order valence-corrected chi connectivity index (χ4v) is 3.40. The van der Waals surface area contributed by atoms with Gasteiger partial charge in [0.25, 0.3) is 0 Å². The molecule has 0 aliphatic carbocycles. The number of rotatable bonds is 11. The van der Waals surface area contributed by atoms with Crippen molar-refractivity contribution in [3.8, 4) is 28.9 Å². The van der Waals surface area contributed by atoms with Crippen LogP contribution >= 0.6 is 11.6 Å². The average molecular weight is 474 g/mol. The summed E-state index contributed by atoms with van der Waals surface area (Å²) < 4.78 is 16.4. The second-order valence-corrected chi connectivity index (χ2v) is 7.27. The first kappa shape index (κ1) is 24.2. The van der Waals surface area contributed by atoms with Crippen LogP contribution in [0.2, 0.25) is 5.02 Å². The lowest BCUT2D eigenvalue weighted by Crippen LogP contribution is -2.39. The van der Waals surface area contributed by atoms with Crippen molar-refractivity contribution < 1.29 is 29.2 Å². The van der Waals surface area contributed by atoms with Gasteiger partial charge in [-0.3, -0.25) is 10.1 Å². The Labute approximate surface area is 195 Å². The van der Waals surface area contributed by atoms with Gasteiger partial charge in [0.05, 0.1) is 31.4 Å². The van der Waals surface area contributed by atoms with Gasteiger partial charge in [0.15, 0.2) is 0 Å². The fraction of sp³-hybridized carbons (Fsp3) is 0.261. The van der Waals surface area contributed by atoms with E-state index in [1.54, 1.807) is 0 Å². The van der Waals surface area contributed by atoms with Gasteiger partial charge in [0, 0.05) is 17.7 Å². The van der Waals surface area contributed by atoms with Gasteiger partial charge < -0.3 is 24.4 Å². The largest absolute Gasteiger partial charge is 0.481 e. The Balaban J connectivity index is 1.80.